The highest BCUT2D eigenvalue weighted by Gasteiger charge is 2.15. The number of benzene rings is 1. The predicted molar refractivity (Wildman–Crippen MR) is 88.6 cm³/mol. The van der Waals surface area contributed by atoms with E-state index in [2.05, 4.69) is 25.3 Å². The summed E-state index contributed by atoms with van der Waals surface area (Å²) in [5.74, 6) is -0.305. The van der Waals surface area contributed by atoms with Crippen LogP contribution in [0.5, 0.6) is 0 Å². The fourth-order valence-electron chi connectivity index (χ4n) is 2.74. The summed E-state index contributed by atoms with van der Waals surface area (Å²) in [4.78, 5) is 38.1. The van der Waals surface area contributed by atoms with Crippen molar-refractivity contribution >= 4 is 28.1 Å². The summed E-state index contributed by atoms with van der Waals surface area (Å²) in [5.41, 5.74) is 1.85. The fraction of sp³-hybridized carbons (Fsp3) is 0.125. The van der Waals surface area contributed by atoms with Crippen molar-refractivity contribution in [2.75, 3.05) is 0 Å². The van der Waals surface area contributed by atoms with Gasteiger partial charge in [-0.3, -0.25) is 9.59 Å². The average Bonchev–Trinajstić information content (AvgIpc) is 3.15. The van der Waals surface area contributed by atoms with Gasteiger partial charge in [-0.15, -0.1) is 0 Å². The molecule has 0 radical (unpaired) electrons. The minimum absolute atomic E-state index is 0.112. The number of hydrogen-bond acceptors (Lipinski definition) is 4. The number of H-pyrrole nitrogens is 2. The molecule has 9 heteroatoms. The van der Waals surface area contributed by atoms with Gasteiger partial charge in [-0.2, -0.15) is 0 Å². The molecule has 0 unspecified atom stereocenters. The number of fused-ring (bicyclic) bond motifs is 2. The normalized spacial score (nSPS) is 11.3. The number of carbonyl (C=O) groups is 1. The van der Waals surface area contributed by atoms with Gasteiger partial charge in [-0.1, -0.05) is 0 Å². The number of aromatic nitrogens is 5. The number of aromatic amines is 2. The molecule has 4 aromatic rings. The number of hydrogen-bond donors (Lipinski definition) is 3. The topological polar surface area (TPSA) is 108 Å². The van der Waals surface area contributed by atoms with E-state index < -0.39 is 11.5 Å². The molecule has 0 bridgehead atoms. The third-order valence-corrected chi connectivity index (χ3v) is 3.86. The number of aryl methyl sites for hydroxylation is 1. The highest BCUT2D eigenvalue weighted by Crippen LogP contribution is 2.14. The first kappa shape index (κ1) is 15.1. The molecule has 0 saturated carbocycles. The van der Waals surface area contributed by atoms with E-state index in [1.807, 2.05) is 0 Å². The van der Waals surface area contributed by atoms with Crippen LogP contribution in [0, 0.1) is 5.82 Å². The summed E-state index contributed by atoms with van der Waals surface area (Å²) in [5, 5.41) is 2.71. The molecule has 0 saturated heterocycles. The van der Waals surface area contributed by atoms with E-state index in [0.29, 0.717) is 28.0 Å². The zero-order valence-electron chi connectivity index (χ0n) is 13.1. The molecule has 1 aromatic carbocycles. The molecule has 0 aliphatic rings. The van der Waals surface area contributed by atoms with Crippen LogP contribution in [0.4, 0.5) is 4.39 Å². The third kappa shape index (κ3) is 2.65. The molecule has 0 spiro atoms. The number of nitrogens with one attached hydrogen (secondary N) is 3. The number of nitrogens with zero attached hydrogens (tertiary/aromatic N) is 3. The van der Waals surface area contributed by atoms with E-state index in [4.69, 9.17) is 0 Å². The standard InChI is InChI=1S/C16H13FN6O2/c1-23-7-19-15-14(23)9(5-13(24)22-15)16(25)18-6-12-20-10-3-2-8(17)4-11(10)21-12/h2-5,7H,6H2,1H3,(H,18,25)(H,20,21)(H,22,24). The summed E-state index contributed by atoms with van der Waals surface area (Å²) in [6, 6.07) is 5.44. The van der Waals surface area contributed by atoms with E-state index in [-0.39, 0.29) is 17.9 Å². The van der Waals surface area contributed by atoms with E-state index in [1.54, 1.807) is 17.7 Å². The van der Waals surface area contributed by atoms with Gasteiger partial charge in [0, 0.05) is 13.1 Å². The number of halogens is 1. The van der Waals surface area contributed by atoms with Crippen LogP contribution >= 0.6 is 0 Å². The van der Waals surface area contributed by atoms with Crippen molar-refractivity contribution in [3.8, 4) is 0 Å². The Balaban J connectivity index is 1.61. The van der Waals surface area contributed by atoms with Gasteiger partial charge in [0.2, 0.25) is 5.56 Å². The summed E-state index contributed by atoms with van der Waals surface area (Å²) in [7, 11) is 1.73. The van der Waals surface area contributed by atoms with E-state index in [1.165, 1.54) is 24.5 Å². The molecule has 0 fully saturated rings. The Morgan fingerprint density at radius 1 is 1.32 bits per heavy atom. The van der Waals surface area contributed by atoms with Gasteiger partial charge in [0.25, 0.3) is 5.91 Å². The first-order chi connectivity index (χ1) is 12.0. The summed E-state index contributed by atoms with van der Waals surface area (Å²) < 4.78 is 14.9. The first-order valence-electron chi connectivity index (χ1n) is 7.48. The van der Waals surface area contributed by atoms with Crippen molar-refractivity contribution in [2.45, 2.75) is 6.54 Å². The monoisotopic (exact) mass is 340 g/mol. The molecule has 0 aliphatic carbocycles. The molecule has 3 N–H and O–H groups in total. The van der Waals surface area contributed by atoms with Crippen LogP contribution in [0.2, 0.25) is 0 Å². The first-order valence-corrected chi connectivity index (χ1v) is 7.48. The van der Waals surface area contributed by atoms with Gasteiger partial charge >= 0.3 is 0 Å². The highest BCUT2D eigenvalue weighted by molar-refractivity contribution is 6.04. The van der Waals surface area contributed by atoms with Crippen LogP contribution < -0.4 is 10.9 Å². The van der Waals surface area contributed by atoms with Crippen LogP contribution in [0.3, 0.4) is 0 Å². The van der Waals surface area contributed by atoms with E-state index in [9.17, 15) is 14.0 Å². The summed E-state index contributed by atoms with van der Waals surface area (Å²) in [6.07, 6.45) is 1.52. The maximum absolute atomic E-state index is 13.2. The number of amides is 1. The van der Waals surface area contributed by atoms with E-state index in [0.717, 1.165) is 0 Å². The van der Waals surface area contributed by atoms with Gasteiger partial charge in [0.1, 0.15) is 11.6 Å². The molecule has 3 aromatic heterocycles. The van der Waals surface area contributed by atoms with Gasteiger partial charge in [-0.25, -0.2) is 14.4 Å². The fourth-order valence-corrected chi connectivity index (χ4v) is 2.74. The minimum atomic E-state index is -0.425. The zero-order chi connectivity index (χ0) is 17.6. The largest absolute Gasteiger partial charge is 0.345 e. The molecule has 1 amide bonds. The van der Waals surface area contributed by atoms with Gasteiger partial charge in [0.15, 0.2) is 5.65 Å². The maximum atomic E-state index is 13.2. The Morgan fingerprint density at radius 2 is 2.16 bits per heavy atom. The molecule has 4 rings (SSSR count). The Morgan fingerprint density at radius 3 is 3.00 bits per heavy atom. The zero-order valence-corrected chi connectivity index (χ0v) is 13.1. The van der Waals surface area contributed by atoms with Crippen molar-refractivity contribution in [3.05, 3.63) is 58.2 Å². The van der Waals surface area contributed by atoms with Gasteiger partial charge in [-0.05, 0) is 18.2 Å². The number of imidazole rings is 2. The number of rotatable bonds is 3. The Labute approximate surface area is 139 Å². The Bertz CT molecular complexity index is 1170. The lowest BCUT2D eigenvalue weighted by Crippen LogP contribution is -2.25. The van der Waals surface area contributed by atoms with Crippen LogP contribution in [-0.4, -0.2) is 30.4 Å². The van der Waals surface area contributed by atoms with Crippen LogP contribution in [0.15, 0.2) is 35.4 Å². The lowest BCUT2D eigenvalue weighted by atomic mass is 10.2. The molecular weight excluding hydrogens is 327 g/mol. The Hall–Kier alpha value is -3.49. The molecule has 0 aliphatic heterocycles. The van der Waals surface area contributed by atoms with Gasteiger partial charge in [0.05, 0.1) is 35.0 Å². The molecular formula is C16H13FN6O2. The molecule has 8 nitrogen and oxygen atoms in total. The molecule has 3 heterocycles. The molecule has 0 atom stereocenters. The second kappa shape index (κ2) is 5.55. The molecule has 25 heavy (non-hydrogen) atoms. The lowest BCUT2D eigenvalue weighted by molar-refractivity contribution is 0.0951. The average molecular weight is 340 g/mol. The smallest absolute Gasteiger partial charge is 0.254 e. The van der Waals surface area contributed by atoms with Gasteiger partial charge < -0.3 is 19.9 Å². The summed E-state index contributed by atoms with van der Waals surface area (Å²) in [6.45, 7) is 0.112. The second-order valence-electron chi connectivity index (χ2n) is 5.63. The number of carbonyl (C=O) groups excluding carboxylic acids is 1. The van der Waals surface area contributed by atoms with Crippen LogP contribution in [-0.2, 0) is 13.6 Å². The predicted octanol–water partition coefficient (Wildman–Crippen LogP) is 1.21. The van der Waals surface area contributed by atoms with Crippen LogP contribution in [0.25, 0.3) is 22.2 Å². The summed E-state index contributed by atoms with van der Waals surface area (Å²) >= 11 is 0. The second-order valence-corrected chi connectivity index (χ2v) is 5.63. The SMILES string of the molecule is Cn1cnc2[nH]c(=O)cc(C(=O)NCc3nc4ccc(F)cc4[nH]3)c21. The van der Waals surface area contributed by atoms with Crippen molar-refractivity contribution in [3.63, 3.8) is 0 Å². The van der Waals surface area contributed by atoms with Crippen molar-refractivity contribution in [2.24, 2.45) is 7.05 Å². The van der Waals surface area contributed by atoms with Crippen molar-refractivity contribution < 1.29 is 9.18 Å². The Kier molecular flexibility index (Phi) is 3.34. The molecule has 126 valence electrons. The minimum Gasteiger partial charge on any atom is -0.345 e. The lowest BCUT2D eigenvalue weighted by Gasteiger charge is -2.05. The third-order valence-electron chi connectivity index (χ3n) is 3.86. The maximum Gasteiger partial charge on any atom is 0.254 e. The van der Waals surface area contributed by atoms with Crippen molar-refractivity contribution in [1.29, 1.82) is 0 Å². The quantitative estimate of drug-likeness (QED) is 0.521. The number of pyridine rings is 1. The van der Waals surface area contributed by atoms with Crippen molar-refractivity contribution in [1.82, 2.24) is 29.8 Å². The van der Waals surface area contributed by atoms with Crippen LogP contribution in [0.1, 0.15) is 16.2 Å². The highest BCUT2D eigenvalue weighted by atomic mass is 19.1. The van der Waals surface area contributed by atoms with E-state index >= 15 is 0 Å².